The number of esters is 1. The maximum Gasteiger partial charge on any atom is 0.339 e. The molecule has 1 unspecified atom stereocenters. The second-order valence-corrected chi connectivity index (χ2v) is 5.38. The first-order valence-corrected chi connectivity index (χ1v) is 6.60. The van der Waals surface area contributed by atoms with Crippen LogP contribution in [0.25, 0.3) is 0 Å². The normalized spacial score (nSPS) is 12.6. The van der Waals surface area contributed by atoms with Gasteiger partial charge in [0.05, 0.1) is 13.2 Å². The molecule has 0 aromatic rings. The maximum absolute atomic E-state index is 11.4. The molecular formula is C11H19Cl2NO4. The monoisotopic (exact) mass is 299 g/mol. The third kappa shape index (κ3) is 8.55. The van der Waals surface area contributed by atoms with Crippen LogP contribution in [0.4, 0.5) is 0 Å². The fraction of sp³-hybridized carbons (Fsp3) is 0.818. The van der Waals surface area contributed by atoms with Gasteiger partial charge < -0.3 is 15.2 Å². The fourth-order valence-electron chi connectivity index (χ4n) is 1.10. The molecule has 0 aromatic carbocycles. The van der Waals surface area contributed by atoms with Crippen molar-refractivity contribution in [2.24, 2.45) is 5.92 Å². The van der Waals surface area contributed by atoms with E-state index in [0.717, 1.165) is 6.42 Å². The summed E-state index contributed by atoms with van der Waals surface area (Å²) in [4.78, 5) is 21.2. The molecule has 18 heavy (non-hydrogen) atoms. The number of hydrogen-bond acceptors (Lipinski definition) is 4. The quantitative estimate of drug-likeness (QED) is 0.522. The van der Waals surface area contributed by atoms with Gasteiger partial charge in [0.1, 0.15) is 6.10 Å². The second kappa shape index (κ2) is 9.42. The van der Waals surface area contributed by atoms with Crippen LogP contribution < -0.4 is 5.32 Å². The van der Waals surface area contributed by atoms with Crippen LogP contribution in [0, 0.1) is 5.92 Å². The molecule has 0 aliphatic heterocycles. The molecule has 2 N–H and O–H groups in total. The van der Waals surface area contributed by atoms with Crippen LogP contribution in [-0.4, -0.2) is 41.1 Å². The van der Waals surface area contributed by atoms with Gasteiger partial charge >= 0.3 is 5.97 Å². The van der Waals surface area contributed by atoms with Crippen molar-refractivity contribution in [2.45, 2.75) is 37.6 Å². The van der Waals surface area contributed by atoms with Gasteiger partial charge in [-0.1, -0.05) is 37.0 Å². The predicted octanol–water partition coefficient (Wildman–Crippen LogP) is 1.25. The number of nitrogens with one attached hydrogen (secondary N) is 1. The number of carbonyl (C=O) groups is 2. The number of amides is 1. The van der Waals surface area contributed by atoms with E-state index in [1.807, 2.05) is 13.8 Å². The second-order valence-electron chi connectivity index (χ2n) is 4.28. The number of rotatable bonds is 8. The van der Waals surface area contributed by atoms with Gasteiger partial charge in [0, 0.05) is 6.42 Å². The molecule has 106 valence electrons. The van der Waals surface area contributed by atoms with Crippen molar-refractivity contribution in [2.75, 3.05) is 13.2 Å². The summed E-state index contributed by atoms with van der Waals surface area (Å²) in [7, 11) is 0. The van der Waals surface area contributed by atoms with Gasteiger partial charge in [-0.15, -0.1) is 0 Å². The molecular weight excluding hydrogens is 281 g/mol. The fourth-order valence-corrected chi connectivity index (χ4v) is 1.20. The Morgan fingerprint density at radius 2 is 1.94 bits per heavy atom. The zero-order chi connectivity index (χ0) is 14.1. The van der Waals surface area contributed by atoms with E-state index in [2.05, 4.69) is 5.32 Å². The van der Waals surface area contributed by atoms with Crippen molar-refractivity contribution in [3.63, 3.8) is 0 Å². The molecule has 0 spiro atoms. The van der Waals surface area contributed by atoms with Crippen molar-refractivity contribution < 1.29 is 19.4 Å². The Morgan fingerprint density at radius 3 is 2.39 bits per heavy atom. The molecule has 0 radical (unpaired) electrons. The molecule has 7 heteroatoms. The highest BCUT2D eigenvalue weighted by molar-refractivity contribution is 6.52. The molecule has 1 atom stereocenters. The minimum Gasteiger partial charge on any atom is -0.456 e. The van der Waals surface area contributed by atoms with Crippen LogP contribution in [0.2, 0.25) is 0 Å². The summed E-state index contributed by atoms with van der Waals surface area (Å²) in [6.07, 6.45) is 0.346. The number of carbonyl (C=O) groups excluding carboxylic acids is 2. The van der Waals surface area contributed by atoms with Gasteiger partial charge in [0.15, 0.2) is 0 Å². The van der Waals surface area contributed by atoms with E-state index < -0.39 is 23.5 Å². The zero-order valence-electron chi connectivity index (χ0n) is 10.5. The first-order chi connectivity index (χ1) is 8.36. The van der Waals surface area contributed by atoms with Crippen LogP contribution >= 0.6 is 23.2 Å². The average Bonchev–Trinajstić information content (AvgIpc) is 2.31. The minimum atomic E-state index is -1.30. The third-order valence-electron chi connectivity index (χ3n) is 2.14. The molecule has 0 rings (SSSR count). The highest BCUT2D eigenvalue weighted by Crippen LogP contribution is 2.06. The maximum atomic E-state index is 11.4. The molecule has 0 aromatic heterocycles. The van der Waals surface area contributed by atoms with Gasteiger partial charge in [-0.2, -0.15) is 0 Å². The molecule has 5 nitrogen and oxygen atoms in total. The Hall–Kier alpha value is -0.520. The van der Waals surface area contributed by atoms with E-state index in [4.69, 9.17) is 33.0 Å². The van der Waals surface area contributed by atoms with Gasteiger partial charge in [0.2, 0.25) is 10.7 Å². The van der Waals surface area contributed by atoms with Crippen molar-refractivity contribution in [1.29, 1.82) is 0 Å². The van der Waals surface area contributed by atoms with Crippen molar-refractivity contribution in [3.05, 3.63) is 0 Å². The molecule has 0 heterocycles. The Labute approximate surface area is 117 Å². The van der Waals surface area contributed by atoms with Gasteiger partial charge in [0.25, 0.3) is 0 Å². The summed E-state index contributed by atoms with van der Waals surface area (Å²) in [5.74, 6) is -0.546. The summed E-state index contributed by atoms with van der Waals surface area (Å²) < 4.78 is 4.77. The van der Waals surface area contributed by atoms with Crippen LogP contribution in [0.3, 0.4) is 0 Å². The van der Waals surface area contributed by atoms with Gasteiger partial charge in [-0.25, -0.2) is 4.79 Å². The molecule has 0 saturated heterocycles. The number of halogens is 2. The highest BCUT2D eigenvalue weighted by Gasteiger charge is 2.19. The largest absolute Gasteiger partial charge is 0.456 e. The number of ether oxygens (including phenoxy) is 1. The van der Waals surface area contributed by atoms with Crippen LogP contribution in [0.5, 0.6) is 0 Å². The van der Waals surface area contributed by atoms with E-state index >= 15 is 0 Å². The lowest BCUT2D eigenvalue weighted by atomic mass is 10.1. The van der Waals surface area contributed by atoms with E-state index in [-0.39, 0.29) is 12.5 Å². The Morgan fingerprint density at radius 1 is 1.33 bits per heavy atom. The number of aliphatic hydroxyl groups excluding tert-OH is 1. The summed E-state index contributed by atoms with van der Waals surface area (Å²) in [5.41, 5.74) is 0. The van der Waals surface area contributed by atoms with Gasteiger partial charge in [-0.3, -0.25) is 4.79 Å². The number of aliphatic hydroxyl groups is 1. The minimum absolute atomic E-state index is 0.0413. The number of hydrogen-bond donors (Lipinski definition) is 2. The average molecular weight is 300 g/mol. The van der Waals surface area contributed by atoms with Crippen LogP contribution in [0.15, 0.2) is 0 Å². The van der Waals surface area contributed by atoms with Crippen LogP contribution in [0.1, 0.15) is 26.7 Å². The first-order valence-electron chi connectivity index (χ1n) is 5.73. The molecule has 0 bridgehead atoms. The SMILES string of the molecule is CC(C)CCC(=O)NCC(CO)OC(=O)C(Cl)Cl. The van der Waals surface area contributed by atoms with Crippen molar-refractivity contribution in [3.8, 4) is 0 Å². The zero-order valence-corrected chi connectivity index (χ0v) is 12.0. The summed E-state index contributed by atoms with van der Waals surface area (Å²) in [6, 6.07) is 0. The number of alkyl halides is 2. The van der Waals surface area contributed by atoms with Gasteiger partial charge in [-0.05, 0) is 12.3 Å². The van der Waals surface area contributed by atoms with E-state index in [1.54, 1.807) is 0 Å². The van der Waals surface area contributed by atoms with E-state index in [0.29, 0.717) is 12.3 Å². The lowest BCUT2D eigenvalue weighted by Crippen LogP contribution is -2.37. The lowest BCUT2D eigenvalue weighted by molar-refractivity contribution is -0.149. The molecule has 1 amide bonds. The Kier molecular flexibility index (Phi) is 9.14. The molecule has 0 aliphatic rings. The summed E-state index contributed by atoms with van der Waals surface area (Å²) in [5, 5.41) is 11.5. The predicted molar refractivity (Wildman–Crippen MR) is 69.5 cm³/mol. The van der Waals surface area contributed by atoms with E-state index in [1.165, 1.54) is 0 Å². The molecule has 0 aliphatic carbocycles. The van der Waals surface area contributed by atoms with E-state index in [9.17, 15) is 9.59 Å². The molecule has 0 saturated carbocycles. The van der Waals surface area contributed by atoms with Crippen LogP contribution in [-0.2, 0) is 14.3 Å². The topological polar surface area (TPSA) is 75.6 Å². The third-order valence-corrected chi connectivity index (χ3v) is 2.50. The summed E-state index contributed by atoms with van der Waals surface area (Å²) in [6.45, 7) is 3.68. The van der Waals surface area contributed by atoms with Crippen molar-refractivity contribution >= 4 is 35.1 Å². The lowest BCUT2D eigenvalue weighted by Gasteiger charge is -2.16. The van der Waals surface area contributed by atoms with Crippen molar-refractivity contribution in [1.82, 2.24) is 5.32 Å². The Bertz CT molecular complexity index is 272. The smallest absolute Gasteiger partial charge is 0.339 e. The summed E-state index contributed by atoms with van der Waals surface area (Å²) >= 11 is 10.6. The Balaban J connectivity index is 3.93. The molecule has 0 fully saturated rings. The first kappa shape index (κ1) is 17.5. The standard InChI is InChI=1S/C11H19Cl2NO4/c1-7(2)3-4-9(16)14-5-8(6-15)18-11(17)10(12)13/h7-8,10,15H,3-6H2,1-2H3,(H,14,16). The highest BCUT2D eigenvalue weighted by atomic mass is 35.5.